The fourth-order valence-corrected chi connectivity index (χ4v) is 12.5. The molecule has 0 amide bonds. The largest absolute Gasteiger partial charge is 4.00 e. The van der Waals surface area contributed by atoms with Crippen LogP contribution in [0.2, 0.25) is 0 Å². The average Bonchev–Trinajstić information content (AvgIpc) is 1.52. The molecule has 18 aromatic rings. The van der Waals surface area contributed by atoms with Crippen molar-refractivity contribution in [2.24, 2.45) is 5.41 Å². The van der Waals surface area contributed by atoms with Gasteiger partial charge >= 0.3 is 103 Å². The quantitative estimate of drug-likeness (QED) is 0.104. The number of rotatable bonds is 9. The Balaban J connectivity index is 0.000000301. The number of carbonyl (C=O) groups is 1. The van der Waals surface area contributed by atoms with Gasteiger partial charge in [0, 0.05) is 146 Å². The summed E-state index contributed by atoms with van der Waals surface area (Å²) < 4.78 is 0. The average molecular weight is 2650 g/mol. The smallest absolute Gasteiger partial charge is 0 e. The number of hydrogen-bond donors (Lipinski definition) is 1. The first-order valence-corrected chi connectivity index (χ1v) is 43.1. The maximum absolute atomic E-state index is 10.1. The minimum Gasteiger partial charge on any atom is 0 e. The van der Waals surface area contributed by atoms with Gasteiger partial charge in [0.1, 0.15) is 5.69 Å². The predicted molar refractivity (Wildman–Crippen MR) is 469 cm³/mol. The van der Waals surface area contributed by atoms with E-state index in [0.29, 0.717) is 29.2 Å². The van der Waals surface area contributed by atoms with Gasteiger partial charge in [0.05, 0.1) is 40.9 Å². The molecule has 1 N–H and O–H groups in total. The zero-order valence-corrected chi connectivity index (χ0v) is 82.7. The van der Waals surface area contributed by atoms with Gasteiger partial charge in [0.2, 0.25) is 0 Å². The summed E-state index contributed by atoms with van der Waals surface area (Å²) in [7, 11) is 9.75. The van der Waals surface area contributed by atoms with Crippen LogP contribution in [0.25, 0.3) is 102 Å². The molecule has 2 aliphatic rings. The summed E-state index contributed by atoms with van der Waals surface area (Å²) in [4.78, 5) is 87.3. The molecule has 20 rings (SSSR count). The Morgan fingerprint density at radius 2 is 0.898 bits per heavy atom. The molecule has 2 unspecified atom stereocenters. The van der Waals surface area contributed by atoms with Crippen molar-refractivity contribution in [3.8, 4) is 91.2 Å². The molecule has 2 bridgehead atoms. The third-order valence-corrected chi connectivity index (χ3v) is 18.5. The van der Waals surface area contributed by atoms with E-state index in [0.717, 1.165) is 102 Å². The molecule has 0 spiro atoms. The van der Waals surface area contributed by atoms with E-state index in [1.165, 1.54) is 52.7 Å². The second-order valence-electron chi connectivity index (χ2n) is 27.2. The Labute approximate surface area is 813 Å². The van der Waals surface area contributed by atoms with Crippen molar-refractivity contribution in [2.75, 3.05) is 0 Å². The van der Waals surface area contributed by atoms with Crippen molar-refractivity contribution in [2.45, 2.75) is 101 Å². The van der Waals surface area contributed by atoms with Crippen molar-refractivity contribution in [3.05, 3.63) is 320 Å². The molecule has 2 aliphatic carbocycles. The summed E-state index contributed by atoms with van der Waals surface area (Å²) in [5.41, 5.74) is 20.3. The van der Waals surface area contributed by atoms with Crippen molar-refractivity contribution in [1.29, 1.82) is 0 Å². The number of aromatic carboxylic acids is 1. The molecule has 668 valence electrons. The van der Waals surface area contributed by atoms with Gasteiger partial charge in [-0.15, -0.1) is 11.3 Å². The first-order valence-electron chi connectivity index (χ1n) is 37.5. The van der Waals surface area contributed by atoms with Gasteiger partial charge < -0.3 is 90.6 Å². The topological polar surface area (TPSA) is 428 Å². The Morgan fingerprint density at radius 3 is 1.27 bits per heavy atom. The van der Waals surface area contributed by atoms with Gasteiger partial charge in [-0.3, -0.25) is 68.6 Å². The van der Waals surface area contributed by atoms with Crippen LogP contribution in [0.5, 0.6) is 0 Å². The number of benzene rings is 1. The van der Waals surface area contributed by atoms with Crippen LogP contribution >= 0.6 is 18.8 Å². The standard InChI is InChI=1S/C20H20N3.2C10H9N2.C9H8N3.4C8H7N4.C6H5NO2.2CHO.CH4.2ClH.Os.4Pt/c1-19(2)14-8-10-20(19,3)18-15(14)17(22-23-18)16-13-7-5-4-6-12(13)9-11-21-16;1-8-6-9(7-12-8)10-4-2-3-5-11-10;1-8-6-10(12-7-8)9-4-2-3-5-11-9;1-7-6-9(12-11-7)8-4-2-3-5-10-8;2*1-6-4-7(12-11-6)8-5-9-2-3-10-8;2*1-6-10-8(12-11-6)7-4-2-3-5-9-7;8-6(9)5-3-1-2-4-7-5;2*1-2;;;;;;;;/h4-7,9,11,14H,8,10H2,1-3H3;2*2-7H,1H3;2-6H,1H3;4*2-5H,1H3;1-4H,(H,8,9);2*1H;1H4;2*1H;;;;;/q8*-1;;2*-1;;;;+4;;3*+2/p-2. The van der Waals surface area contributed by atoms with Crippen molar-refractivity contribution >= 4 is 49.2 Å². The van der Waals surface area contributed by atoms with E-state index in [1.54, 1.807) is 94.1 Å². The third-order valence-electron chi connectivity index (χ3n) is 18.5. The van der Waals surface area contributed by atoms with Gasteiger partial charge in [0.15, 0.2) is 0 Å². The van der Waals surface area contributed by atoms with E-state index < -0.39 is 22.5 Å². The number of halogens is 2. The minimum absolute atomic E-state index is 0. The second kappa shape index (κ2) is 56.4. The molecule has 128 heavy (non-hydrogen) atoms. The Bertz CT molecular complexity index is 5360. The molecule has 0 saturated heterocycles. The summed E-state index contributed by atoms with van der Waals surface area (Å²) in [6.45, 7) is 27.0. The SMILES string of the molecule is C.CC12CCC(c3c1n[n-]c3-c1nccc3ccccc13)C2(C)C.Cc1c[n-]c(-c2ccccn2)c1.Cc1cc(-c2ccccn2)[cH-]n1.Cc1cc(-c2ccccn2)[n-]n1.Cc1cc(-c2cnccn2)[n-]n1.Cc1cc(-c2cnccn2)[n-]n1.Cc1n[n-]c(-c2ccccn2)n1.Cc1n[n-]c(-c2ccccn2)n1.O=C(O)c1ccccn1.[CH-]=O.[CH-]=O.[Cl][Pt][Cl].[Os+4].[Pt+2].[Pt+2].[Pt]. The molecule has 1 aromatic carbocycles. The number of aromatic nitrogens is 27. The van der Waals surface area contributed by atoms with Gasteiger partial charge in [-0.2, -0.15) is 12.3 Å². The van der Waals surface area contributed by atoms with E-state index in [4.69, 9.17) is 33.5 Å². The number of pyridine rings is 7. The molecule has 31 nitrogen and oxygen atoms in total. The minimum atomic E-state index is -0.990. The van der Waals surface area contributed by atoms with Gasteiger partial charge in [-0.1, -0.05) is 166 Å². The maximum atomic E-state index is 10.1. The molecule has 2 atom stereocenters. The van der Waals surface area contributed by atoms with Crippen LogP contribution in [0.15, 0.2) is 263 Å². The number of hydrogen-bond acceptors (Lipinski definition) is 23. The summed E-state index contributed by atoms with van der Waals surface area (Å²) >= 11 is -0.472. The summed E-state index contributed by atoms with van der Waals surface area (Å²) in [5, 5.41) is 58.7. The molecular formula is C90H85Cl2N27O4OsPt4-2. The fourth-order valence-electron chi connectivity index (χ4n) is 12.5. The van der Waals surface area contributed by atoms with Crippen LogP contribution in [-0.2, 0) is 114 Å². The van der Waals surface area contributed by atoms with Crippen LogP contribution in [-0.4, -0.2) is 125 Å². The number of fused-ring (bicyclic) bond motifs is 6. The molecule has 38 heteroatoms. The zero-order chi connectivity index (χ0) is 87.9. The first kappa shape index (κ1) is 108. The van der Waals surface area contributed by atoms with E-state index in [9.17, 15) is 4.79 Å². The van der Waals surface area contributed by atoms with Crippen LogP contribution in [0.1, 0.15) is 109 Å². The maximum Gasteiger partial charge on any atom is 4.00 e. The first-order chi connectivity index (χ1) is 59.8. The van der Waals surface area contributed by atoms with Gasteiger partial charge in [0.25, 0.3) is 0 Å². The molecule has 0 aliphatic heterocycles. The molecule has 1 saturated carbocycles. The van der Waals surface area contributed by atoms with E-state index in [2.05, 4.69) is 201 Å². The van der Waals surface area contributed by atoms with Crippen LogP contribution in [0, 0.1) is 53.9 Å². The number of aryl methyl sites for hydroxylation is 7. The Hall–Kier alpha value is -11.9. The number of carboxylic acid groups (broad SMARTS) is 1. The normalized spacial score (nSPS) is 12.4. The van der Waals surface area contributed by atoms with E-state index in [1.807, 2.05) is 175 Å². The molecule has 17 heterocycles. The summed E-state index contributed by atoms with van der Waals surface area (Å²) in [6, 6.07) is 53.6. The number of carboxylic acids is 1. The van der Waals surface area contributed by atoms with Crippen LogP contribution < -0.4 is 35.6 Å². The van der Waals surface area contributed by atoms with Crippen LogP contribution in [0.4, 0.5) is 0 Å². The summed E-state index contributed by atoms with van der Waals surface area (Å²) in [6.07, 6.45) is 28.1. The van der Waals surface area contributed by atoms with Gasteiger partial charge in [-0.25, -0.2) is 9.78 Å². The second-order valence-corrected chi connectivity index (χ2v) is 30.5. The number of nitrogens with zero attached hydrogens (tertiary/aromatic N) is 27. The predicted octanol–water partition coefficient (Wildman–Crippen LogP) is 15.5. The van der Waals surface area contributed by atoms with Gasteiger partial charge in [-0.05, 0) is 167 Å². The third kappa shape index (κ3) is 31.3. The van der Waals surface area contributed by atoms with E-state index >= 15 is 0 Å². The molecule has 1 fully saturated rings. The van der Waals surface area contributed by atoms with Crippen LogP contribution in [0.3, 0.4) is 0 Å². The Kier molecular flexibility index (Phi) is 47.8. The van der Waals surface area contributed by atoms with Crippen molar-refractivity contribution in [1.82, 2.24) is 136 Å². The number of carbonyl (C=O) groups excluding carboxylic acids is 2. The van der Waals surface area contributed by atoms with E-state index in [-0.39, 0.29) is 107 Å². The zero-order valence-electron chi connectivity index (χ0n) is 69.6. The summed E-state index contributed by atoms with van der Waals surface area (Å²) in [5.74, 6) is 2.09. The molecule has 17 aromatic heterocycles. The fraction of sp³-hybridized carbons (Fsp3) is 0.178. The Morgan fingerprint density at radius 1 is 0.469 bits per heavy atom. The monoisotopic (exact) mass is 2650 g/mol. The molecule has 0 radical (unpaired) electrons. The van der Waals surface area contributed by atoms with Crippen molar-refractivity contribution < 1.29 is 119 Å². The molecular weight excluding hydrogens is 2560 g/mol. The van der Waals surface area contributed by atoms with Crippen molar-refractivity contribution in [3.63, 3.8) is 0 Å².